The van der Waals surface area contributed by atoms with Crippen LogP contribution in [0.1, 0.15) is 5.82 Å². The minimum Gasteiger partial charge on any atom is -0.342 e. The van der Waals surface area contributed by atoms with Crippen molar-refractivity contribution in [3.05, 3.63) is 52.7 Å². The normalized spacial score (nSPS) is 11.7. The Hall–Kier alpha value is -2.61. The summed E-state index contributed by atoms with van der Waals surface area (Å²) in [7, 11) is -3.75. The first-order valence-electron chi connectivity index (χ1n) is 6.12. The molecule has 3 rings (SSSR count). The van der Waals surface area contributed by atoms with Gasteiger partial charge in [-0.15, -0.1) is 0 Å². The van der Waals surface area contributed by atoms with E-state index in [-0.39, 0.29) is 10.5 Å². The van der Waals surface area contributed by atoms with E-state index in [9.17, 15) is 13.2 Å². The van der Waals surface area contributed by atoms with Crippen molar-refractivity contribution >= 4 is 26.7 Å². The molecule has 2 aromatic heterocycles. The van der Waals surface area contributed by atoms with E-state index in [1.54, 1.807) is 18.2 Å². The molecule has 0 aliphatic rings. The summed E-state index contributed by atoms with van der Waals surface area (Å²) in [6.07, 6.45) is 1.16. The van der Waals surface area contributed by atoms with E-state index in [1.807, 2.05) is 6.92 Å². The second-order valence-corrected chi connectivity index (χ2v) is 6.23. The number of rotatable bonds is 3. The zero-order valence-electron chi connectivity index (χ0n) is 11.0. The molecule has 3 aromatic rings. The number of imidazole rings is 1. The monoisotopic (exact) mass is 304 g/mol. The van der Waals surface area contributed by atoms with E-state index in [0.29, 0.717) is 5.69 Å². The molecule has 7 nitrogen and oxygen atoms in total. The number of aromatic nitrogens is 3. The minimum absolute atomic E-state index is 0.0111. The maximum atomic E-state index is 12.2. The van der Waals surface area contributed by atoms with Gasteiger partial charge in [0.15, 0.2) is 0 Å². The maximum absolute atomic E-state index is 12.2. The third-order valence-corrected chi connectivity index (χ3v) is 4.30. The summed E-state index contributed by atoms with van der Waals surface area (Å²) in [6, 6.07) is 7.43. The average molecular weight is 304 g/mol. The Morgan fingerprint density at radius 3 is 2.71 bits per heavy atom. The van der Waals surface area contributed by atoms with Crippen LogP contribution in [0.2, 0.25) is 0 Å². The molecule has 0 amide bonds. The molecule has 3 N–H and O–H groups in total. The quantitative estimate of drug-likeness (QED) is 0.679. The lowest BCUT2D eigenvalue weighted by molar-refractivity contribution is 0.600. The predicted molar refractivity (Wildman–Crippen MR) is 78.7 cm³/mol. The number of nitrogens with one attached hydrogen (secondary N) is 3. The standard InChI is InChI=1S/C13H12N4O3S/c1-8-15-11-4-2-9(6-12(11)16-8)17-21(19,20)10-3-5-13(18)14-7-10/h2-7,17H,1H3,(H,14,18)(H,15,16). The number of H-pyrrole nitrogens is 2. The van der Waals surface area contributed by atoms with Gasteiger partial charge >= 0.3 is 0 Å². The third kappa shape index (κ3) is 2.65. The van der Waals surface area contributed by atoms with E-state index < -0.39 is 10.0 Å². The van der Waals surface area contributed by atoms with Crippen molar-refractivity contribution in [3.8, 4) is 0 Å². The van der Waals surface area contributed by atoms with Gasteiger partial charge in [0.2, 0.25) is 5.56 Å². The van der Waals surface area contributed by atoms with Gasteiger partial charge in [-0.1, -0.05) is 0 Å². The van der Waals surface area contributed by atoms with Gasteiger partial charge in [-0.25, -0.2) is 13.4 Å². The van der Waals surface area contributed by atoms with Gasteiger partial charge in [0, 0.05) is 12.3 Å². The Balaban J connectivity index is 1.96. The van der Waals surface area contributed by atoms with Crippen molar-refractivity contribution < 1.29 is 8.42 Å². The van der Waals surface area contributed by atoms with Crippen molar-refractivity contribution in [2.24, 2.45) is 0 Å². The highest BCUT2D eigenvalue weighted by Crippen LogP contribution is 2.19. The number of fused-ring (bicyclic) bond motifs is 1. The fraction of sp³-hybridized carbons (Fsp3) is 0.0769. The second kappa shape index (κ2) is 4.74. The third-order valence-electron chi connectivity index (χ3n) is 2.92. The number of hydrogen-bond donors (Lipinski definition) is 3. The Morgan fingerprint density at radius 2 is 2.00 bits per heavy atom. The summed E-state index contributed by atoms with van der Waals surface area (Å²) in [4.78, 5) is 20.6. The Labute approximate surface area is 120 Å². The van der Waals surface area contributed by atoms with Crippen LogP contribution >= 0.6 is 0 Å². The van der Waals surface area contributed by atoms with Crippen LogP contribution in [0.15, 0.2) is 46.2 Å². The molecule has 108 valence electrons. The SMILES string of the molecule is Cc1nc2ccc(NS(=O)(=O)c3ccc(=O)[nH]c3)cc2[nH]1. The van der Waals surface area contributed by atoms with Gasteiger partial charge in [-0.3, -0.25) is 9.52 Å². The molecule has 2 heterocycles. The topological polar surface area (TPSA) is 108 Å². The minimum atomic E-state index is -3.75. The van der Waals surface area contributed by atoms with Crippen LogP contribution in [0.3, 0.4) is 0 Å². The highest BCUT2D eigenvalue weighted by atomic mass is 32.2. The van der Waals surface area contributed by atoms with Crippen LogP contribution in [-0.4, -0.2) is 23.4 Å². The van der Waals surface area contributed by atoms with Crippen molar-refractivity contribution in [1.29, 1.82) is 0 Å². The fourth-order valence-electron chi connectivity index (χ4n) is 1.98. The highest BCUT2D eigenvalue weighted by Gasteiger charge is 2.14. The molecule has 8 heteroatoms. The summed E-state index contributed by atoms with van der Waals surface area (Å²) >= 11 is 0. The Morgan fingerprint density at radius 1 is 1.19 bits per heavy atom. The number of anilines is 1. The van der Waals surface area contributed by atoms with Gasteiger partial charge in [0.25, 0.3) is 10.0 Å². The molecular formula is C13H12N4O3S. The molecule has 0 unspecified atom stereocenters. The van der Waals surface area contributed by atoms with E-state index in [1.165, 1.54) is 6.07 Å². The van der Waals surface area contributed by atoms with E-state index in [0.717, 1.165) is 29.1 Å². The Kier molecular flexibility index (Phi) is 3.02. The average Bonchev–Trinajstić information content (AvgIpc) is 2.78. The fourth-order valence-corrected chi connectivity index (χ4v) is 2.99. The van der Waals surface area contributed by atoms with Gasteiger partial charge < -0.3 is 9.97 Å². The number of pyridine rings is 1. The van der Waals surface area contributed by atoms with Gasteiger partial charge in [0.05, 0.1) is 16.7 Å². The number of nitrogens with zero attached hydrogens (tertiary/aromatic N) is 1. The molecule has 0 radical (unpaired) electrons. The largest absolute Gasteiger partial charge is 0.342 e. The smallest absolute Gasteiger partial charge is 0.263 e. The lowest BCUT2D eigenvalue weighted by Crippen LogP contribution is -2.15. The van der Waals surface area contributed by atoms with Crippen molar-refractivity contribution in [2.45, 2.75) is 11.8 Å². The van der Waals surface area contributed by atoms with Crippen LogP contribution in [0.5, 0.6) is 0 Å². The molecule has 0 bridgehead atoms. The molecule has 0 fully saturated rings. The number of benzene rings is 1. The molecular weight excluding hydrogens is 292 g/mol. The predicted octanol–water partition coefficient (Wildman–Crippen LogP) is 1.36. The molecule has 0 saturated heterocycles. The summed E-state index contributed by atoms with van der Waals surface area (Å²) in [5.41, 5.74) is 1.56. The lowest BCUT2D eigenvalue weighted by Gasteiger charge is -2.07. The van der Waals surface area contributed by atoms with Crippen molar-refractivity contribution in [3.63, 3.8) is 0 Å². The second-order valence-electron chi connectivity index (χ2n) is 4.55. The van der Waals surface area contributed by atoms with Crippen molar-refractivity contribution in [2.75, 3.05) is 4.72 Å². The van der Waals surface area contributed by atoms with Gasteiger partial charge in [-0.05, 0) is 31.2 Å². The number of hydrogen-bond acceptors (Lipinski definition) is 4. The first-order chi connectivity index (χ1) is 9.94. The number of aromatic amines is 2. The summed E-state index contributed by atoms with van der Waals surface area (Å²) in [5, 5.41) is 0. The molecule has 0 aliphatic carbocycles. The highest BCUT2D eigenvalue weighted by molar-refractivity contribution is 7.92. The molecule has 21 heavy (non-hydrogen) atoms. The first-order valence-corrected chi connectivity index (χ1v) is 7.60. The first kappa shape index (κ1) is 13.4. The van der Waals surface area contributed by atoms with Crippen LogP contribution in [0.4, 0.5) is 5.69 Å². The molecule has 0 aliphatic heterocycles. The van der Waals surface area contributed by atoms with Crippen molar-refractivity contribution in [1.82, 2.24) is 15.0 Å². The van der Waals surface area contributed by atoms with E-state index in [2.05, 4.69) is 19.7 Å². The lowest BCUT2D eigenvalue weighted by atomic mass is 10.3. The number of aryl methyl sites for hydroxylation is 1. The molecule has 0 spiro atoms. The van der Waals surface area contributed by atoms with Gasteiger partial charge in [-0.2, -0.15) is 0 Å². The summed E-state index contributed by atoms with van der Waals surface area (Å²) in [6.45, 7) is 1.82. The van der Waals surface area contributed by atoms with Crippen LogP contribution in [0.25, 0.3) is 11.0 Å². The van der Waals surface area contributed by atoms with Crippen LogP contribution in [0, 0.1) is 6.92 Å². The maximum Gasteiger partial charge on any atom is 0.263 e. The summed E-state index contributed by atoms with van der Waals surface area (Å²) < 4.78 is 26.8. The van der Waals surface area contributed by atoms with E-state index >= 15 is 0 Å². The molecule has 1 aromatic carbocycles. The zero-order chi connectivity index (χ0) is 15.0. The van der Waals surface area contributed by atoms with E-state index in [4.69, 9.17) is 0 Å². The van der Waals surface area contributed by atoms with Gasteiger partial charge in [0.1, 0.15) is 10.7 Å². The van der Waals surface area contributed by atoms with Crippen LogP contribution < -0.4 is 10.3 Å². The van der Waals surface area contributed by atoms with Crippen LogP contribution in [-0.2, 0) is 10.0 Å². The molecule has 0 atom stereocenters. The Bertz CT molecular complexity index is 952. The summed E-state index contributed by atoms with van der Waals surface area (Å²) in [5.74, 6) is 0.755. The number of sulfonamides is 1. The molecule has 0 saturated carbocycles. The zero-order valence-corrected chi connectivity index (χ0v) is 11.9.